The maximum atomic E-state index is 5.50. The van der Waals surface area contributed by atoms with Gasteiger partial charge in [0.25, 0.3) is 0 Å². The van der Waals surface area contributed by atoms with Crippen LogP contribution in [0.5, 0.6) is 0 Å². The van der Waals surface area contributed by atoms with Gasteiger partial charge in [0.15, 0.2) is 0 Å². The van der Waals surface area contributed by atoms with Crippen molar-refractivity contribution >= 4 is 34.0 Å². The van der Waals surface area contributed by atoms with Crippen LogP contribution in [0.25, 0.3) is 12.3 Å². The first-order valence-electron chi connectivity index (χ1n) is 4.89. The first-order chi connectivity index (χ1) is 7.13. The van der Waals surface area contributed by atoms with Crippen LogP contribution < -0.4 is 16.2 Å². The van der Waals surface area contributed by atoms with Crippen molar-refractivity contribution in [3.63, 3.8) is 0 Å². The molecule has 15 heavy (non-hydrogen) atoms. The predicted octanol–water partition coefficient (Wildman–Crippen LogP) is 1.75. The Labute approximate surface area is 98.3 Å². The van der Waals surface area contributed by atoms with Gasteiger partial charge in [-0.15, -0.1) is 0 Å². The van der Waals surface area contributed by atoms with Gasteiger partial charge in [-0.3, -0.25) is 0 Å². The van der Waals surface area contributed by atoms with Gasteiger partial charge in [-0.2, -0.15) is 0 Å². The molecule has 3 heteroatoms. The third-order valence-electron chi connectivity index (χ3n) is 1.88. The Bertz CT molecular complexity index is 471. The quantitative estimate of drug-likeness (QED) is 0.643. The molecule has 0 spiro atoms. The van der Waals surface area contributed by atoms with Crippen LogP contribution in [0.4, 0.5) is 0 Å². The van der Waals surface area contributed by atoms with Crippen molar-refractivity contribution in [3.8, 4) is 0 Å². The highest BCUT2D eigenvalue weighted by molar-refractivity contribution is 9.10. The van der Waals surface area contributed by atoms with Crippen molar-refractivity contribution in [2.75, 3.05) is 0 Å². The smallest absolute Gasteiger partial charge is 0.0957 e. The summed E-state index contributed by atoms with van der Waals surface area (Å²) in [6.45, 7) is 3.89. The molecule has 80 valence electrons. The molecule has 0 bridgehead atoms. The van der Waals surface area contributed by atoms with Gasteiger partial charge in [-0.1, -0.05) is 35.0 Å². The third kappa shape index (κ3) is 3.88. The van der Waals surface area contributed by atoms with E-state index in [1.807, 2.05) is 12.1 Å². The van der Waals surface area contributed by atoms with Crippen LogP contribution >= 0.6 is 15.9 Å². The minimum Gasteiger partial charge on any atom is -0.387 e. The van der Waals surface area contributed by atoms with Gasteiger partial charge in [0.1, 0.15) is 0 Å². The first kappa shape index (κ1) is 12.0. The van der Waals surface area contributed by atoms with Crippen LogP contribution in [0.15, 0.2) is 27.7 Å². The molecule has 0 radical (unpaired) electrons. The number of amidine groups is 1. The summed E-state index contributed by atoms with van der Waals surface area (Å²) in [4.78, 5) is 4.11. The number of nitrogens with two attached hydrogens (primary N) is 1. The number of halogens is 1. The van der Waals surface area contributed by atoms with E-state index in [0.29, 0.717) is 5.84 Å². The molecule has 0 fully saturated rings. The average Bonchev–Trinajstić information content (AvgIpc) is 2.18. The molecular weight excluding hydrogens is 252 g/mol. The fourth-order valence-corrected chi connectivity index (χ4v) is 1.61. The van der Waals surface area contributed by atoms with E-state index in [1.165, 1.54) is 5.22 Å². The van der Waals surface area contributed by atoms with Gasteiger partial charge in [-0.25, -0.2) is 4.99 Å². The Morgan fingerprint density at radius 1 is 1.47 bits per heavy atom. The van der Waals surface area contributed by atoms with E-state index in [4.69, 9.17) is 5.73 Å². The molecule has 2 nitrogen and oxygen atoms in total. The summed E-state index contributed by atoms with van der Waals surface area (Å²) in [7, 11) is 0. The first-order valence-corrected chi connectivity index (χ1v) is 5.68. The maximum absolute atomic E-state index is 5.50. The topological polar surface area (TPSA) is 38.4 Å². The molecule has 1 aromatic carbocycles. The van der Waals surface area contributed by atoms with E-state index in [-0.39, 0.29) is 0 Å². The highest BCUT2D eigenvalue weighted by Crippen LogP contribution is 2.01. The van der Waals surface area contributed by atoms with Crippen LogP contribution in [0.3, 0.4) is 0 Å². The molecule has 0 aliphatic heterocycles. The van der Waals surface area contributed by atoms with Gasteiger partial charge in [0.05, 0.1) is 5.84 Å². The molecule has 0 heterocycles. The van der Waals surface area contributed by atoms with Gasteiger partial charge < -0.3 is 5.73 Å². The van der Waals surface area contributed by atoms with E-state index < -0.39 is 0 Å². The van der Waals surface area contributed by atoms with E-state index in [9.17, 15) is 0 Å². The fourth-order valence-electron chi connectivity index (χ4n) is 1.23. The Kier molecular flexibility index (Phi) is 4.56. The largest absolute Gasteiger partial charge is 0.387 e. The average molecular weight is 267 g/mol. The predicted molar refractivity (Wildman–Crippen MR) is 69.9 cm³/mol. The summed E-state index contributed by atoms with van der Waals surface area (Å²) >= 11 is 3.44. The number of aliphatic imine (C=N–C) groups is 1. The van der Waals surface area contributed by atoms with Crippen LogP contribution in [-0.4, -0.2) is 5.84 Å². The summed E-state index contributed by atoms with van der Waals surface area (Å²) in [6, 6.07) is 6.13. The van der Waals surface area contributed by atoms with Gasteiger partial charge in [0.2, 0.25) is 0 Å². The molecule has 0 aromatic heterocycles. The lowest BCUT2D eigenvalue weighted by atomic mass is 10.2. The minimum atomic E-state index is 0.567. The summed E-state index contributed by atoms with van der Waals surface area (Å²) in [5.74, 6) is 0.567. The standard InChI is InChI=1S/C12H15BrN2/c1-3-4-10-5-6-12(13)7-11(10)8-15-9(2)14/h4-8H,3H2,1-2H3,(H2,14,15)/b10-4+,11-8-. The second-order valence-electron chi connectivity index (χ2n) is 3.29. The second-order valence-corrected chi connectivity index (χ2v) is 4.20. The fraction of sp³-hybridized carbons (Fsp3) is 0.250. The SMILES string of the molecule is CC/C=c1\ccc(Br)c\c1=C\N=C(C)N. The summed E-state index contributed by atoms with van der Waals surface area (Å²) < 4.78 is 1.05. The Morgan fingerprint density at radius 3 is 2.80 bits per heavy atom. The number of rotatable bonds is 2. The van der Waals surface area contributed by atoms with Gasteiger partial charge in [0, 0.05) is 15.9 Å². The molecular formula is C12H15BrN2. The molecule has 1 aromatic rings. The second kappa shape index (κ2) is 5.71. The van der Waals surface area contributed by atoms with Crippen molar-refractivity contribution in [1.82, 2.24) is 0 Å². The summed E-state index contributed by atoms with van der Waals surface area (Å²) in [5, 5.41) is 2.27. The molecule has 0 unspecified atom stereocenters. The molecule has 0 saturated carbocycles. The molecule has 0 aliphatic carbocycles. The highest BCUT2D eigenvalue weighted by atomic mass is 79.9. The summed E-state index contributed by atoms with van der Waals surface area (Å²) in [5.41, 5.74) is 5.50. The molecule has 1 rings (SSSR count). The van der Waals surface area contributed by atoms with E-state index in [0.717, 1.165) is 16.1 Å². The van der Waals surface area contributed by atoms with Gasteiger partial charge >= 0.3 is 0 Å². The number of hydrogen-bond donors (Lipinski definition) is 1. The minimum absolute atomic E-state index is 0.567. The van der Waals surface area contributed by atoms with Crippen molar-refractivity contribution in [3.05, 3.63) is 33.1 Å². The number of hydrogen-bond acceptors (Lipinski definition) is 1. The van der Waals surface area contributed by atoms with E-state index >= 15 is 0 Å². The Hall–Kier alpha value is -1.09. The van der Waals surface area contributed by atoms with Crippen molar-refractivity contribution < 1.29 is 0 Å². The van der Waals surface area contributed by atoms with Crippen molar-refractivity contribution in [2.24, 2.45) is 10.7 Å². The van der Waals surface area contributed by atoms with Crippen LogP contribution in [-0.2, 0) is 0 Å². The highest BCUT2D eigenvalue weighted by Gasteiger charge is 1.88. The lowest BCUT2D eigenvalue weighted by molar-refractivity contribution is 1.28. The zero-order valence-electron chi connectivity index (χ0n) is 9.00. The van der Waals surface area contributed by atoms with Crippen LogP contribution in [0.2, 0.25) is 0 Å². The number of nitrogens with zero attached hydrogens (tertiary/aromatic N) is 1. The monoisotopic (exact) mass is 266 g/mol. The van der Waals surface area contributed by atoms with Crippen LogP contribution in [0.1, 0.15) is 20.3 Å². The molecule has 0 amide bonds. The Morgan fingerprint density at radius 2 is 2.20 bits per heavy atom. The third-order valence-corrected chi connectivity index (χ3v) is 2.37. The lowest BCUT2D eigenvalue weighted by Gasteiger charge is -1.92. The molecule has 0 saturated heterocycles. The lowest BCUT2D eigenvalue weighted by Crippen LogP contribution is -2.24. The van der Waals surface area contributed by atoms with E-state index in [2.05, 4.69) is 40.0 Å². The zero-order valence-corrected chi connectivity index (χ0v) is 10.6. The van der Waals surface area contributed by atoms with Crippen molar-refractivity contribution in [1.29, 1.82) is 0 Å². The van der Waals surface area contributed by atoms with Crippen LogP contribution in [0, 0.1) is 0 Å². The van der Waals surface area contributed by atoms with Crippen molar-refractivity contribution in [2.45, 2.75) is 20.3 Å². The maximum Gasteiger partial charge on any atom is 0.0957 e. The molecule has 0 atom stereocenters. The molecule has 0 aliphatic rings. The molecule has 2 N–H and O–H groups in total. The normalized spacial score (nSPS) is 14.7. The van der Waals surface area contributed by atoms with Gasteiger partial charge in [-0.05, 0) is 30.7 Å². The van der Waals surface area contributed by atoms with E-state index in [1.54, 1.807) is 13.1 Å². The zero-order chi connectivity index (χ0) is 11.3. The number of benzene rings is 1. The Balaban J connectivity index is 3.38. The summed E-state index contributed by atoms with van der Waals surface area (Å²) in [6.07, 6.45) is 4.97.